The van der Waals surface area contributed by atoms with Crippen LogP contribution >= 0.6 is 11.8 Å². The number of nitrogens with zero attached hydrogens (tertiary/aromatic N) is 1. The van der Waals surface area contributed by atoms with Gasteiger partial charge in [-0.15, -0.1) is 0 Å². The maximum Gasteiger partial charge on any atom is 0.00752 e. The molecule has 0 aromatic heterocycles. The molecule has 16 heavy (non-hydrogen) atoms. The number of hydrogen-bond donors (Lipinski definition) is 1. The molecule has 0 radical (unpaired) electrons. The van der Waals surface area contributed by atoms with Gasteiger partial charge in [-0.1, -0.05) is 6.92 Å². The van der Waals surface area contributed by atoms with E-state index in [1.165, 1.54) is 50.5 Å². The van der Waals surface area contributed by atoms with Gasteiger partial charge in [-0.25, -0.2) is 0 Å². The van der Waals surface area contributed by atoms with Crippen LogP contribution in [0.2, 0.25) is 0 Å². The first-order valence-electron chi connectivity index (χ1n) is 6.76. The topological polar surface area (TPSA) is 15.3 Å². The van der Waals surface area contributed by atoms with Gasteiger partial charge in [0, 0.05) is 24.9 Å². The van der Waals surface area contributed by atoms with Gasteiger partial charge in [-0.3, -0.25) is 4.90 Å². The second-order valence-corrected chi connectivity index (χ2v) is 6.37. The highest BCUT2D eigenvalue weighted by Crippen LogP contribution is 2.15. The van der Waals surface area contributed by atoms with Gasteiger partial charge >= 0.3 is 0 Å². The smallest absolute Gasteiger partial charge is 0.00752 e. The zero-order chi connectivity index (χ0) is 11.8. The van der Waals surface area contributed by atoms with E-state index < -0.39 is 0 Å². The fourth-order valence-corrected chi connectivity index (χ4v) is 2.93. The van der Waals surface area contributed by atoms with E-state index in [1.807, 2.05) is 0 Å². The van der Waals surface area contributed by atoms with E-state index in [1.54, 1.807) is 0 Å². The molecular weight excluding hydrogens is 216 g/mol. The summed E-state index contributed by atoms with van der Waals surface area (Å²) in [6.07, 6.45) is 2.73. The number of piperidine rings is 1. The Bertz CT molecular complexity index is 167. The third kappa shape index (κ3) is 5.55. The summed E-state index contributed by atoms with van der Waals surface area (Å²) in [5, 5.41) is 3.45. The average Bonchev–Trinajstić information content (AvgIpc) is 2.29. The zero-order valence-electron chi connectivity index (χ0n) is 11.2. The van der Waals surface area contributed by atoms with E-state index in [0.717, 1.165) is 5.92 Å². The van der Waals surface area contributed by atoms with E-state index >= 15 is 0 Å². The Morgan fingerprint density at radius 1 is 1.31 bits per heavy atom. The van der Waals surface area contributed by atoms with Crippen molar-refractivity contribution in [2.45, 2.75) is 39.7 Å². The standard InChI is InChI=1S/C13H28N2S/c1-4-16-10-9-15(12(2)3)11-13-5-7-14-8-6-13/h12-14H,4-11H2,1-3H3. The minimum Gasteiger partial charge on any atom is -0.317 e. The van der Waals surface area contributed by atoms with Crippen molar-refractivity contribution in [2.75, 3.05) is 37.7 Å². The van der Waals surface area contributed by atoms with Crippen molar-refractivity contribution in [3.8, 4) is 0 Å². The Hall–Kier alpha value is 0.270. The molecule has 0 atom stereocenters. The van der Waals surface area contributed by atoms with E-state index in [9.17, 15) is 0 Å². The van der Waals surface area contributed by atoms with Crippen LogP contribution in [-0.2, 0) is 0 Å². The first-order chi connectivity index (χ1) is 7.74. The van der Waals surface area contributed by atoms with E-state index in [0.29, 0.717) is 6.04 Å². The quantitative estimate of drug-likeness (QED) is 0.693. The summed E-state index contributed by atoms with van der Waals surface area (Å²) in [5.74, 6) is 3.47. The first-order valence-corrected chi connectivity index (χ1v) is 7.92. The molecule has 0 aliphatic carbocycles. The summed E-state index contributed by atoms with van der Waals surface area (Å²) in [6.45, 7) is 11.9. The summed E-state index contributed by atoms with van der Waals surface area (Å²) < 4.78 is 0. The highest BCUT2D eigenvalue weighted by atomic mass is 32.2. The number of rotatable bonds is 7. The molecule has 0 saturated carbocycles. The van der Waals surface area contributed by atoms with Crippen molar-refractivity contribution in [2.24, 2.45) is 5.92 Å². The largest absolute Gasteiger partial charge is 0.317 e. The summed E-state index contributed by atoms with van der Waals surface area (Å²) in [7, 11) is 0. The molecule has 0 amide bonds. The van der Waals surface area contributed by atoms with Crippen molar-refractivity contribution in [3.63, 3.8) is 0 Å². The lowest BCUT2D eigenvalue weighted by atomic mass is 9.97. The third-order valence-electron chi connectivity index (χ3n) is 3.41. The molecule has 1 aliphatic rings. The summed E-state index contributed by atoms with van der Waals surface area (Å²) in [4.78, 5) is 2.67. The van der Waals surface area contributed by atoms with Crippen LogP contribution in [0.15, 0.2) is 0 Å². The average molecular weight is 244 g/mol. The van der Waals surface area contributed by atoms with Gasteiger partial charge in [-0.05, 0) is 51.4 Å². The molecule has 0 bridgehead atoms. The van der Waals surface area contributed by atoms with Crippen LogP contribution in [-0.4, -0.2) is 48.6 Å². The predicted octanol–water partition coefficient (Wildman–Crippen LogP) is 2.45. The first kappa shape index (κ1) is 14.3. The minimum absolute atomic E-state index is 0.701. The zero-order valence-corrected chi connectivity index (χ0v) is 12.0. The summed E-state index contributed by atoms with van der Waals surface area (Å²) in [6, 6.07) is 0.701. The van der Waals surface area contributed by atoms with Crippen LogP contribution in [0.4, 0.5) is 0 Å². The van der Waals surface area contributed by atoms with Crippen LogP contribution in [0.5, 0.6) is 0 Å². The van der Waals surface area contributed by atoms with Crippen LogP contribution < -0.4 is 5.32 Å². The van der Waals surface area contributed by atoms with E-state index in [-0.39, 0.29) is 0 Å². The Morgan fingerprint density at radius 3 is 2.56 bits per heavy atom. The van der Waals surface area contributed by atoms with Crippen molar-refractivity contribution in [3.05, 3.63) is 0 Å². The molecule has 0 spiro atoms. The molecule has 1 heterocycles. The van der Waals surface area contributed by atoms with E-state index in [4.69, 9.17) is 0 Å². The second kappa shape index (κ2) is 8.37. The normalized spacial score (nSPS) is 18.6. The van der Waals surface area contributed by atoms with Gasteiger partial charge in [0.1, 0.15) is 0 Å². The molecule has 1 saturated heterocycles. The highest BCUT2D eigenvalue weighted by molar-refractivity contribution is 7.99. The Labute approximate surface area is 106 Å². The minimum atomic E-state index is 0.701. The molecule has 1 N–H and O–H groups in total. The van der Waals surface area contributed by atoms with Crippen molar-refractivity contribution in [1.29, 1.82) is 0 Å². The molecule has 1 aliphatic heterocycles. The van der Waals surface area contributed by atoms with Gasteiger partial charge in [0.05, 0.1) is 0 Å². The number of thioether (sulfide) groups is 1. The van der Waals surface area contributed by atoms with Crippen LogP contribution in [0, 0.1) is 5.92 Å². The Morgan fingerprint density at radius 2 is 2.00 bits per heavy atom. The van der Waals surface area contributed by atoms with Crippen molar-refractivity contribution >= 4 is 11.8 Å². The van der Waals surface area contributed by atoms with E-state index in [2.05, 4.69) is 42.7 Å². The maximum atomic E-state index is 3.45. The van der Waals surface area contributed by atoms with Crippen LogP contribution in [0.1, 0.15) is 33.6 Å². The summed E-state index contributed by atoms with van der Waals surface area (Å²) >= 11 is 2.06. The Kier molecular flexibility index (Phi) is 7.50. The molecule has 3 heteroatoms. The fourth-order valence-electron chi connectivity index (χ4n) is 2.28. The molecular formula is C13H28N2S. The molecule has 0 unspecified atom stereocenters. The van der Waals surface area contributed by atoms with Gasteiger partial charge in [0.25, 0.3) is 0 Å². The van der Waals surface area contributed by atoms with Gasteiger partial charge in [-0.2, -0.15) is 11.8 Å². The summed E-state index contributed by atoms with van der Waals surface area (Å²) in [5.41, 5.74) is 0. The SMILES string of the molecule is CCSCCN(CC1CCNCC1)C(C)C. The molecule has 2 nitrogen and oxygen atoms in total. The van der Waals surface area contributed by atoms with Crippen LogP contribution in [0.3, 0.4) is 0 Å². The fraction of sp³-hybridized carbons (Fsp3) is 1.00. The maximum absolute atomic E-state index is 3.45. The van der Waals surface area contributed by atoms with Crippen molar-refractivity contribution in [1.82, 2.24) is 10.2 Å². The molecule has 1 fully saturated rings. The third-order valence-corrected chi connectivity index (χ3v) is 4.29. The predicted molar refractivity (Wildman–Crippen MR) is 75.3 cm³/mol. The lowest BCUT2D eigenvalue weighted by molar-refractivity contribution is 0.179. The second-order valence-electron chi connectivity index (χ2n) is 4.98. The van der Waals surface area contributed by atoms with Gasteiger partial charge < -0.3 is 5.32 Å². The molecule has 1 rings (SSSR count). The van der Waals surface area contributed by atoms with Crippen LogP contribution in [0.25, 0.3) is 0 Å². The highest BCUT2D eigenvalue weighted by Gasteiger charge is 2.18. The Balaban J connectivity index is 2.25. The van der Waals surface area contributed by atoms with Gasteiger partial charge in [0.2, 0.25) is 0 Å². The monoisotopic (exact) mass is 244 g/mol. The van der Waals surface area contributed by atoms with Gasteiger partial charge in [0.15, 0.2) is 0 Å². The van der Waals surface area contributed by atoms with Crippen molar-refractivity contribution < 1.29 is 0 Å². The number of hydrogen-bond acceptors (Lipinski definition) is 3. The molecule has 96 valence electrons. The molecule has 0 aromatic rings. The lowest BCUT2D eigenvalue weighted by Crippen LogP contribution is -2.40. The lowest BCUT2D eigenvalue weighted by Gasteiger charge is -2.32. The number of nitrogens with one attached hydrogen (secondary N) is 1. The molecule has 0 aromatic carbocycles.